The summed E-state index contributed by atoms with van der Waals surface area (Å²) in [6.07, 6.45) is 3.54. The van der Waals surface area contributed by atoms with Gasteiger partial charge in [-0.05, 0) is 48.5 Å². The van der Waals surface area contributed by atoms with Crippen LogP contribution in [0.3, 0.4) is 0 Å². The minimum atomic E-state index is -0.561. The summed E-state index contributed by atoms with van der Waals surface area (Å²) in [6, 6.07) is 12.7. The van der Waals surface area contributed by atoms with Gasteiger partial charge in [-0.3, -0.25) is 9.69 Å². The number of fused-ring (bicyclic) bond motifs is 1. The Balaban J connectivity index is 1.31. The highest BCUT2D eigenvalue weighted by Gasteiger charge is 2.34. The Kier molecular flexibility index (Phi) is 5.32. The minimum absolute atomic E-state index is 0.218. The predicted molar refractivity (Wildman–Crippen MR) is 129 cm³/mol. The molecule has 3 aromatic rings. The van der Waals surface area contributed by atoms with Gasteiger partial charge in [0, 0.05) is 35.4 Å². The van der Waals surface area contributed by atoms with Crippen LogP contribution in [0.25, 0.3) is 11.6 Å². The average molecular weight is 482 g/mol. The average Bonchev–Trinajstić information content (AvgIpc) is 3.50. The zero-order valence-electron chi connectivity index (χ0n) is 17.1. The second-order valence-electron chi connectivity index (χ2n) is 7.51. The predicted octanol–water partition coefficient (Wildman–Crippen LogP) is 5.29. The van der Waals surface area contributed by atoms with Crippen LogP contribution in [0.15, 0.2) is 54.7 Å². The molecule has 0 unspecified atom stereocenters. The van der Waals surface area contributed by atoms with Crippen LogP contribution in [0.5, 0.6) is 0 Å². The van der Waals surface area contributed by atoms with Gasteiger partial charge in [0.2, 0.25) is 0 Å². The summed E-state index contributed by atoms with van der Waals surface area (Å²) in [6.45, 7) is 0.549. The molecule has 33 heavy (non-hydrogen) atoms. The molecule has 0 spiro atoms. The molecule has 0 atom stereocenters. The number of nitrogens with one attached hydrogen (secondary N) is 3. The molecule has 2 aliphatic heterocycles. The van der Waals surface area contributed by atoms with Gasteiger partial charge in [0.1, 0.15) is 0 Å². The number of H-pyrrole nitrogens is 1. The van der Waals surface area contributed by atoms with Crippen LogP contribution < -0.4 is 15.5 Å². The van der Waals surface area contributed by atoms with Gasteiger partial charge in [0.15, 0.2) is 0 Å². The fourth-order valence-corrected chi connectivity index (χ4v) is 4.11. The van der Waals surface area contributed by atoms with Crippen LogP contribution in [0.4, 0.5) is 26.7 Å². The van der Waals surface area contributed by atoms with Crippen LogP contribution in [0.1, 0.15) is 11.3 Å². The van der Waals surface area contributed by atoms with Gasteiger partial charge < -0.3 is 15.6 Å². The molecule has 0 aliphatic carbocycles. The van der Waals surface area contributed by atoms with E-state index in [1.807, 2.05) is 12.1 Å². The van der Waals surface area contributed by atoms with Gasteiger partial charge >= 0.3 is 12.1 Å². The van der Waals surface area contributed by atoms with Crippen LogP contribution in [0.2, 0.25) is 10.0 Å². The van der Waals surface area contributed by atoms with Crippen molar-refractivity contribution in [1.29, 1.82) is 0 Å². The lowest BCUT2D eigenvalue weighted by molar-refractivity contribution is -0.110. The Hall–Kier alpha value is -3.75. The van der Waals surface area contributed by atoms with Crippen molar-refractivity contribution in [1.82, 2.24) is 9.88 Å². The molecule has 3 heterocycles. The zero-order valence-corrected chi connectivity index (χ0v) is 18.6. The van der Waals surface area contributed by atoms with Gasteiger partial charge in [-0.2, -0.15) is 0 Å². The summed E-state index contributed by atoms with van der Waals surface area (Å²) < 4.78 is 0. The third kappa shape index (κ3) is 3.94. The van der Waals surface area contributed by atoms with Crippen molar-refractivity contribution in [3.63, 3.8) is 0 Å². The van der Waals surface area contributed by atoms with E-state index < -0.39 is 12.1 Å². The highest BCUT2D eigenvalue weighted by atomic mass is 35.5. The molecule has 0 radical (unpaired) electrons. The lowest BCUT2D eigenvalue weighted by Gasteiger charge is -2.18. The van der Waals surface area contributed by atoms with E-state index in [9.17, 15) is 14.4 Å². The number of rotatable bonds is 3. The molecule has 5 rings (SSSR count). The maximum Gasteiger partial charge on any atom is 0.332 e. The number of amides is 5. The Morgan fingerprint density at radius 3 is 2.64 bits per heavy atom. The van der Waals surface area contributed by atoms with Crippen LogP contribution in [-0.2, 0) is 4.79 Å². The Morgan fingerprint density at radius 2 is 1.88 bits per heavy atom. The van der Waals surface area contributed by atoms with Gasteiger partial charge in [0.25, 0.3) is 5.91 Å². The maximum absolute atomic E-state index is 12.8. The summed E-state index contributed by atoms with van der Waals surface area (Å²) in [5.74, 6) is -0.227. The van der Waals surface area contributed by atoms with E-state index in [1.54, 1.807) is 48.7 Å². The summed E-state index contributed by atoms with van der Waals surface area (Å²) in [5, 5.41) is 6.25. The smallest absolute Gasteiger partial charge is 0.332 e. The second-order valence-corrected chi connectivity index (χ2v) is 8.33. The number of urea groups is 2. The molecule has 10 heteroatoms. The molecular formula is C23H17Cl2N5O3. The summed E-state index contributed by atoms with van der Waals surface area (Å²) >= 11 is 12.0. The largest absolute Gasteiger partial charge is 0.362 e. The first-order valence-corrected chi connectivity index (χ1v) is 10.8. The Morgan fingerprint density at radius 1 is 1.03 bits per heavy atom. The molecular weight excluding hydrogens is 465 g/mol. The molecule has 1 saturated heterocycles. The summed E-state index contributed by atoms with van der Waals surface area (Å²) in [7, 11) is 0. The standard InChI is InChI=1S/C23H17Cl2N5O3/c24-18-6-4-15(12-19(18)25)29-8-9-30(23(29)33)22(32)27-14-3-5-16-17(10-13-2-1-7-26-13)21(31)28-20(16)11-14/h1-7,10-12,26H,8-9H2,(H,27,32)(H,28,31)/b17-10-. The minimum Gasteiger partial charge on any atom is -0.362 e. The van der Waals surface area contributed by atoms with Gasteiger partial charge in [0.05, 0.1) is 27.9 Å². The van der Waals surface area contributed by atoms with Crippen LogP contribution in [-0.4, -0.2) is 40.9 Å². The molecule has 1 fully saturated rings. The van der Waals surface area contributed by atoms with E-state index in [2.05, 4.69) is 15.6 Å². The van der Waals surface area contributed by atoms with Crippen molar-refractivity contribution >= 4 is 69.9 Å². The highest BCUT2D eigenvalue weighted by Crippen LogP contribution is 2.35. The number of benzene rings is 2. The number of aromatic nitrogens is 1. The van der Waals surface area contributed by atoms with E-state index in [-0.39, 0.29) is 12.5 Å². The maximum atomic E-state index is 12.8. The van der Waals surface area contributed by atoms with E-state index in [0.717, 1.165) is 16.2 Å². The number of aromatic amines is 1. The van der Waals surface area contributed by atoms with E-state index in [0.29, 0.717) is 39.2 Å². The van der Waals surface area contributed by atoms with E-state index in [1.165, 1.54) is 4.90 Å². The Labute approximate surface area is 198 Å². The van der Waals surface area contributed by atoms with E-state index >= 15 is 0 Å². The fraction of sp³-hybridized carbons (Fsp3) is 0.0870. The van der Waals surface area contributed by atoms with Gasteiger partial charge in [-0.15, -0.1) is 0 Å². The highest BCUT2D eigenvalue weighted by molar-refractivity contribution is 6.42. The topological polar surface area (TPSA) is 97.5 Å². The number of halogens is 2. The van der Waals surface area contributed by atoms with Crippen molar-refractivity contribution in [3.8, 4) is 0 Å². The van der Waals surface area contributed by atoms with Crippen molar-refractivity contribution in [2.75, 3.05) is 28.6 Å². The number of hydrogen-bond donors (Lipinski definition) is 3. The van der Waals surface area contributed by atoms with Crippen molar-refractivity contribution in [3.05, 3.63) is 76.0 Å². The number of carbonyl (C=O) groups excluding carboxylic acids is 3. The molecule has 0 saturated carbocycles. The van der Waals surface area contributed by atoms with Crippen LogP contribution >= 0.6 is 23.2 Å². The number of imide groups is 1. The Bertz CT molecular complexity index is 1320. The lowest BCUT2D eigenvalue weighted by atomic mass is 10.1. The summed E-state index contributed by atoms with van der Waals surface area (Å²) in [4.78, 5) is 43.6. The van der Waals surface area contributed by atoms with Crippen LogP contribution in [0, 0.1) is 0 Å². The molecule has 5 amide bonds. The third-order valence-electron chi connectivity index (χ3n) is 5.44. The molecule has 2 aromatic carbocycles. The number of hydrogen-bond acceptors (Lipinski definition) is 3. The fourth-order valence-electron chi connectivity index (χ4n) is 3.81. The normalized spacial score (nSPS) is 16.4. The van der Waals surface area contributed by atoms with Crippen molar-refractivity contribution in [2.24, 2.45) is 0 Å². The second kappa shape index (κ2) is 8.31. The molecule has 0 bridgehead atoms. The number of carbonyl (C=O) groups is 3. The number of nitrogens with zero attached hydrogens (tertiary/aromatic N) is 2. The molecule has 8 nitrogen and oxygen atoms in total. The number of anilines is 3. The first-order chi connectivity index (χ1) is 15.9. The first-order valence-electron chi connectivity index (χ1n) is 10.1. The molecule has 3 N–H and O–H groups in total. The van der Waals surface area contributed by atoms with E-state index in [4.69, 9.17) is 23.2 Å². The van der Waals surface area contributed by atoms with Gasteiger partial charge in [-0.1, -0.05) is 29.3 Å². The van der Waals surface area contributed by atoms with Gasteiger partial charge in [-0.25, -0.2) is 14.5 Å². The van der Waals surface area contributed by atoms with Crippen molar-refractivity contribution < 1.29 is 14.4 Å². The molecule has 166 valence electrons. The zero-order chi connectivity index (χ0) is 23.1. The lowest BCUT2D eigenvalue weighted by Crippen LogP contribution is -2.39. The quantitative estimate of drug-likeness (QED) is 0.443. The molecule has 1 aromatic heterocycles. The summed E-state index contributed by atoms with van der Waals surface area (Å²) in [5.41, 5.74) is 3.67. The monoisotopic (exact) mass is 481 g/mol. The molecule has 2 aliphatic rings. The first kappa shape index (κ1) is 21.1. The SMILES string of the molecule is O=C1Nc2cc(NC(=O)N3CCN(c4ccc(Cl)c(Cl)c4)C3=O)ccc2/C1=C/c1ccc[nH]1. The van der Waals surface area contributed by atoms with Crippen molar-refractivity contribution in [2.45, 2.75) is 0 Å². The third-order valence-corrected chi connectivity index (χ3v) is 6.18.